The van der Waals surface area contributed by atoms with Gasteiger partial charge in [-0.15, -0.1) is 0 Å². The van der Waals surface area contributed by atoms with Gasteiger partial charge in [-0.3, -0.25) is 9.48 Å². The number of para-hydroxylation sites is 2. The van der Waals surface area contributed by atoms with Crippen LogP contribution in [0.25, 0.3) is 0 Å². The molecule has 1 N–H and O–H groups in total. The molecule has 0 saturated carbocycles. The van der Waals surface area contributed by atoms with Crippen molar-refractivity contribution in [3.8, 4) is 11.5 Å². The third-order valence-electron chi connectivity index (χ3n) is 5.01. The zero-order valence-electron chi connectivity index (χ0n) is 15.3. The van der Waals surface area contributed by atoms with Crippen LogP contribution in [-0.4, -0.2) is 33.6 Å². The molecule has 144 valence electrons. The Bertz CT molecular complexity index is 1010. The number of amides is 1. The minimum absolute atomic E-state index is 0.152. The van der Waals surface area contributed by atoms with Gasteiger partial charge in [-0.25, -0.2) is 0 Å². The summed E-state index contributed by atoms with van der Waals surface area (Å²) in [4.78, 5) is 12.6. The van der Waals surface area contributed by atoms with Gasteiger partial charge in [0.2, 0.25) is 0 Å². The molecule has 0 radical (unpaired) electrons. The standard InChI is InChI=1S/C20H20N4O4/c25-20(19-15-5-1-2-6-16(15)28-23-19)22-13-9-21-24(10-13)11-14-12-26-17-7-3-4-8-18(17)27-14/h3-4,7-10,14H,1-2,5-6,11-12H2,(H,22,25). The topological polar surface area (TPSA) is 91.4 Å². The predicted octanol–water partition coefficient (Wildman–Crippen LogP) is 2.84. The van der Waals surface area contributed by atoms with E-state index in [9.17, 15) is 4.79 Å². The van der Waals surface area contributed by atoms with Gasteiger partial charge in [0.1, 0.15) is 12.4 Å². The lowest BCUT2D eigenvalue weighted by atomic mass is 9.96. The minimum Gasteiger partial charge on any atom is -0.486 e. The largest absolute Gasteiger partial charge is 0.486 e. The van der Waals surface area contributed by atoms with E-state index in [2.05, 4.69) is 15.6 Å². The van der Waals surface area contributed by atoms with Crippen LogP contribution in [0, 0.1) is 0 Å². The third-order valence-corrected chi connectivity index (χ3v) is 5.01. The maximum Gasteiger partial charge on any atom is 0.278 e. The van der Waals surface area contributed by atoms with E-state index in [0.29, 0.717) is 24.5 Å². The van der Waals surface area contributed by atoms with Crippen LogP contribution in [0.2, 0.25) is 0 Å². The number of rotatable bonds is 4. The third kappa shape index (κ3) is 3.21. The molecule has 2 aromatic heterocycles. The maximum atomic E-state index is 12.6. The summed E-state index contributed by atoms with van der Waals surface area (Å²) in [5.74, 6) is 2.05. The van der Waals surface area contributed by atoms with Crippen molar-refractivity contribution >= 4 is 11.6 Å². The smallest absolute Gasteiger partial charge is 0.278 e. The van der Waals surface area contributed by atoms with Gasteiger partial charge in [-0.1, -0.05) is 17.3 Å². The number of hydrogen-bond donors (Lipinski definition) is 1. The molecule has 28 heavy (non-hydrogen) atoms. The summed E-state index contributed by atoms with van der Waals surface area (Å²) in [5, 5.41) is 11.1. The monoisotopic (exact) mass is 380 g/mol. The Kier molecular flexibility index (Phi) is 4.23. The fourth-order valence-corrected chi connectivity index (χ4v) is 3.64. The summed E-state index contributed by atoms with van der Waals surface area (Å²) in [7, 11) is 0. The molecule has 1 amide bonds. The van der Waals surface area contributed by atoms with Crippen LogP contribution >= 0.6 is 0 Å². The van der Waals surface area contributed by atoms with Gasteiger partial charge in [0.15, 0.2) is 23.3 Å². The Morgan fingerprint density at radius 3 is 3.00 bits per heavy atom. The van der Waals surface area contributed by atoms with Crippen LogP contribution in [0.5, 0.6) is 11.5 Å². The van der Waals surface area contributed by atoms with E-state index < -0.39 is 0 Å². The van der Waals surface area contributed by atoms with Crippen molar-refractivity contribution in [1.29, 1.82) is 0 Å². The van der Waals surface area contributed by atoms with E-state index >= 15 is 0 Å². The van der Waals surface area contributed by atoms with Crippen LogP contribution in [0.1, 0.15) is 34.7 Å². The normalized spacial score (nSPS) is 17.8. The van der Waals surface area contributed by atoms with Crippen LogP contribution in [0.15, 0.2) is 41.2 Å². The van der Waals surface area contributed by atoms with Gasteiger partial charge in [0.25, 0.3) is 5.91 Å². The second kappa shape index (κ2) is 7.03. The number of carbonyl (C=O) groups excluding carboxylic acids is 1. The fourth-order valence-electron chi connectivity index (χ4n) is 3.64. The molecular formula is C20H20N4O4. The van der Waals surface area contributed by atoms with Crippen molar-refractivity contribution in [2.24, 2.45) is 0 Å². The number of benzene rings is 1. The van der Waals surface area contributed by atoms with Crippen molar-refractivity contribution in [2.45, 2.75) is 38.3 Å². The van der Waals surface area contributed by atoms with Gasteiger partial charge in [0, 0.05) is 18.2 Å². The molecule has 0 saturated heterocycles. The molecule has 5 rings (SSSR count). The van der Waals surface area contributed by atoms with E-state index in [0.717, 1.165) is 48.5 Å². The minimum atomic E-state index is -0.266. The van der Waals surface area contributed by atoms with E-state index in [4.69, 9.17) is 14.0 Å². The molecule has 1 aliphatic heterocycles. The lowest BCUT2D eigenvalue weighted by Gasteiger charge is -2.26. The van der Waals surface area contributed by atoms with Gasteiger partial charge in [-0.05, 0) is 31.4 Å². The molecule has 0 fully saturated rings. The van der Waals surface area contributed by atoms with Gasteiger partial charge >= 0.3 is 0 Å². The van der Waals surface area contributed by atoms with E-state index in [1.54, 1.807) is 17.1 Å². The predicted molar refractivity (Wildman–Crippen MR) is 99.7 cm³/mol. The number of carbonyl (C=O) groups is 1. The van der Waals surface area contributed by atoms with Crippen LogP contribution < -0.4 is 14.8 Å². The maximum absolute atomic E-state index is 12.6. The summed E-state index contributed by atoms with van der Waals surface area (Å²) < 4.78 is 18.7. The first-order valence-electron chi connectivity index (χ1n) is 9.46. The first kappa shape index (κ1) is 16.9. The number of nitrogens with zero attached hydrogens (tertiary/aromatic N) is 3. The number of aromatic nitrogens is 3. The Hall–Kier alpha value is -3.29. The van der Waals surface area contributed by atoms with E-state index in [1.807, 2.05) is 24.3 Å². The molecule has 0 spiro atoms. The number of fused-ring (bicyclic) bond motifs is 2. The van der Waals surface area contributed by atoms with Crippen molar-refractivity contribution in [1.82, 2.24) is 14.9 Å². The van der Waals surface area contributed by atoms with Crippen LogP contribution in [0.3, 0.4) is 0 Å². The lowest BCUT2D eigenvalue weighted by Crippen LogP contribution is -2.33. The molecule has 3 heterocycles. The lowest BCUT2D eigenvalue weighted by molar-refractivity contribution is 0.0759. The Morgan fingerprint density at radius 1 is 1.21 bits per heavy atom. The fraction of sp³-hybridized carbons (Fsp3) is 0.350. The molecule has 1 aliphatic carbocycles. The molecule has 1 atom stereocenters. The highest BCUT2D eigenvalue weighted by Gasteiger charge is 2.25. The quantitative estimate of drug-likeness (QED) is 0.748. The van der Waals surface area contributed by atoms with Crippen molar-refractivity contribution < 1.29 is 18.8 Å². The molecule has 8 nitrogen and oxygen atoms in total. The SMILES string of the molecule is O=C(Nc1cnn(CC2COc3ccccc3O2)c1)c1noc2c1CCCC2. The zero-order chi connectivity index (χ0) is 18.9. The average Bonchev–Trinajstić information content (AvgIpc) is 3.34. The Balaban J connectivity index is 1.23. The van der Waals surface area contributed by atoms with E-state index in [1.165, 1.54) is 0 Å². The molecule has 3 aromatic rings. The number of aryl methyl sites for hydroxylation is 1. The zero-order valence-corrected chi connectivity index (χ0v) is 15.3. The number of anilines is 1. The average molecular weight is 380 g/mol. The van der Waals surface area contributed by atoms with E-state index in [-0.39, 0.29) is 12.0 Å². The van der Waals surface area contributed by atoms with Crippen LogP contribution in [0.4, 0.5) is 5.69 Å². The highest BCUT2D eigenvalue weighted by molar-refractivity contribution is 6.03. The summed E-state index contributed by atoms with van der Waals surface area (Å²) >= 11 is 0. The Labute approximate surface area is 161 Å². The molecule has 0 bridgehead atoms. The second-order valence-electron chi connectivity index (χ2n) is 7.04. The van der Waals surface area contributed by atoms with Crippen molar-refractivity contribution in [3.63, 3.8) is 0 Å². The summed E-state index contributed by atoms with van der Waals surface area (Å²) in [6.07, 6.45) is 7.05. The summed E-state index contributed by atoms with van der Waals surface area (Å²) in [6, 6.07) is 7.59. The van der Waals surface area contributed by atoms with Crippen molar-refractivity contribution in [3.05, 3.63) is 53.7 Å². The molecule has 1 aromatic carbocycles. The molecule has 8 heteroatoms. The van der Waals surface area contributed by atoms with Gasteiger partial charge in [-0.2, -0.15) is 5.10 Å². The Morgan fingerprint density at radius 2 is 2.07 bits per heavy atom. The highest BCUT2D eigenvalue weighted by atomic mass is 16.6. The highest BCUT2D eigenvalue weighted by Crippen LogP contribution is 2.31. The first-order chi connectivity index (χ1) is 13.8. The summed E-state index contributed by atoms with van der Waals surface area (Å²) in [5.41, 5.74) is 1.92. The number of nitrogens with one attached hydrogen (secondary N) is 1. The molecule has 2 aliphatic rings. The molecule has 1 unspecified atom stereocenters. The van der Waals surface area contributed by atoms with Gasteiger partial charge in [0.05, 0.1) is 18.4 Å². The summed E-state index contributed by atoms with van der Waals surface area (Å²) in [6.45, 7) is 0.965. The van der Waals surface area contributed by atoms with Crippen LogP contribution in [-0.2, 0) is 19.4 Å². The number of hydrogen-bond acceptors (Lipinski definition) is 6. The number of ether oxygens (including phenoxy) is 2. The van der Waals surface area contributed by atoms with Crippen molar-refractivity contribution in [2.75, 3.05) is 11.9 Å². The molecular weight excluding hydrogens is 360 g/mol. The second-order valence-corrected chi connectivity index (χ2v) is 7.04. The first-order valence-corrected chi connectivity index (χ1v) is 9.46. The van der Waals surface area contributed by atoms with Gasteiger partial charge < -0.3 is 19.3 Å².